The summed E-state index contributed by atoms with van der Waals surface area (Å²) >= 11 is 0. The van der Waals surface area contributed by atoms with Crippen LogP contribution in [0.3, 0.4) is 0 Å². The molecule has 0 aliphatic rings. The highest BCUT2D eigenvalue weighted by Gasteiger charge is 2.13. The van der Waals surface area contributed by atoms with Crippen LogP contribution >= 0.6 is 0 Å². The molecule has 0 saturated carbocycles. The first-order valence-electron chi connectivity index (χ1n) is 8.29. The Labute approximate surface area is 141 Å². The lowest BCUT2D eigenvalue weighted by Gasteiger charge is -2.22. The molecular weight excluding hydrogens is 286 g/mol. The second-order valence-electron chi connectivity index (χ2n) is 6.85. The monoisotopic (exact) mass is 317 g/mol. The van der Waals surface area contributed by atoms with E-state index in [0.717, 1.165) is 29.9 Å². The van der Waals surface area contributed by atoms with Gasteiger partial charge in [-0.2, -0.15) is 0 Å². The molecule has 2 N–H and O–H groups in total. The van der Waals surface area contributed by atoms with Crippen molar-refractivity contribution in [1.29, 1.82) is 0 Å². The zero-order valence-electron chi connectivity index (χ0n) is 15.6. The summed E-state index contributed by atoms with van der Waals surface area (Å²) in [7, 11) is 0. The zero-order valence-corrected chi connectivity index (χ0v) is 15.6. The number of rotatable bonds is 5. The Morgan fingerprint density at radius 3 is 2.30 bits per heavy atom. The van der Waals surface area contributed by atoms with Crippen molar-refractivity contribution in [3.63, 3.8) is 0 Å². The summed E-state index contributed by atoms with van der Waals surface area (Å²) in [6, 6.07) is 5.90. The number of nitrogens with one attached hydrogen (secondary N) is 2. The molecule has 0 atom stereocenters. The topological polar surface area (TPSA) is 44.4 Å². The third-order valence-corrected chi connectivity index (χ3v) is 4.19. The Morgan fingerprint density at radius 1 is 1.22 bits per heavy atom. The maximum absolute atomic E-state index is 12.1. The third kappa shape index (κ3) is 5.62. The molecule has 0 fully saturated rings. The van der Waals surface area contributed by atoms with Gasteiger partial charge in [-0.3, -0.25) is 0 Å². The fourth-order valence-electron chi connectivity index (χ4n) is 2.12. The van der Waals surface area contributed by atoms with Crippen LogP contribution < -0.4 is 15.5 Å². The molecule has 0 heterocycles. The van der Waals surface area contributed by atoms with E-state index >= 15 is 0 Å². The maximum Gasteiger partial charge on any atom is 0.323 e. The fourth-order valence-corrected chi connectivity index (χ4v) is 2.12. The van der Waals surface area contributed by atoms with Crippen molar-refractivity contribution in [2.24, 2.45) is 5.41 Å². The van der Waals surface area contributed by atoms with Gasteiger partial charge in [0.05, 0.1) is 0 Å². The number of nitrogens with zero attached hydrogens (tertiary/aromatic N) is 1. The lowest BCUT2D eigenvalue weighted by Crippen LogP contribution is -2.26. The standard InChI is InChI=1S/C19H31N3O/c1-8-22(9-2)16-10-11-17(14(3)12-16)21-18(23)20-13-15(4)19(5,6)7/h10-13H,8-9H2,1-7H3,(H2,20,21,23)/b15-13+. The smallest absolute Gasteiger partial charge is 0.323 e. The van der Waals surface area contributed by atoms with Crippen molar-refractivity contribution in [3.8, 4) is 0 Å². The van der Waals surface area contributed by atoms with E-state index in [2.05, 4.69) is 56.2 Å². The summed E-state index contributed by atoms with van der Waals surface area (Å²) in [5.41, 5.74) is 4.25. The predicted molar refractivity (Wildman–Crippen MR) is 100 cm³/mol. The first-order valence-corrected chi connectivity index (χ1v) is 8.29. The second kappa shape index (κ2) is 8.04. The summed E-state index contributed by atoms with van der Waals surface area (Å²) in [6.07, 6.45) is 1.77. The Bertz CT molecular complexity index is 566. The van der Waals surface area contributed by atoms with Gasteiger partial charge in [0.1, 0.15) is 0 Å². The highest BCUT2D eigenvalue weighted by molar-refractivity contribution is 5.91. The number of hydrogen-bond acceptors (Lipinski definition) is 2. The lowest BCUT2D eigenvalue weighted by atomic mass is 9.88. The lowest BCUT2D eigenvalue weighted by molar-refractivity contribution is 0.255. The molecule has 0 bridgehead atoms. The van der Waals surface area contributed by atoms with Gasteiger partial charge in [-0.25, -0.2) is 4.79 Å². The van der Waals surface area contributed by atoms with Crippen LogP contribution in [0, 0.1) is 12.3 Å². The summed E-state index contributed by atoms with van der Waals surface area (Å²) < 4.78 is 0. The molecule has 1 aromatic rings. The number of hydrogen-bond donors (Lipinski definition) is 2. The molecule has 0 saturated heterocycles. The van der Waals surface area contributed by atoms with E-state index in [1.807, 2.05) is 26.0 Å². The van der Waals surface area contributed by atoms with Crippen molar-refractivity contribution in [3.05, 3.63) is 35.5 Å². The minimum absolute atomic E-state index is 0.0502. The number of anilines is 2. The number of allylic oxidation sites excluding steroid dienone is 1. The van der Waals surface area contributed by atoms with Gasteiger partial charge in [0, 0.05) is 30.7 Å². The van der Waals surface area contributed by atoms with Gasteiger partial charge in [-0.05, 0) is 56.9 Å². The molecule has 0 aliphatic heterocycles. The van der Waals surface area contributed by atoms with E-state index in [1.165, 1.54) is 5.69 Å². The van der Waals surface area contributed by atoms with Gasteiger partial charge in [0.25, 0.3) is 0 Å². The average molecular weight is 317 g/mol. The number of carbonyl (C=O) groups is 1. The molecule has 1 rings (SSSR count). The van der Waals surface area contributed by atoms with E-state index in [0.29, 0.717) is 0 Å². The van der Waals surface area contributed by atoms with Gasteiger partial charge < -0.3 is 15.5 Å². The summed E-state index contributed by atoms with van der Waals surface area (Å²) in [4.78, 5) is 14.3. The highest BCUT2D eigenvalue weighted by Crippen LogP contribution is 2.24. The number of aryl methyl sites for hydroxylation is 1. The first kappa shape index (κ1) is 19.1. The second-order valence-corrected chi connectivity index (χ2v) is 6.85. The van der Waals surface area contributed by atoms with Crippen LogP contribution in [0.1, 0.15) is 47.1 Å². The van der Waals surface area contributed by atoms with Crippen molar-refractivity contribution >= 4 is 17.4 Å². The van der Waals surface area contributed by atoms with Crippen LogP contribution in [0.15, 0.2) is 30.0 Å². The van der Waals surface area contributed by atoms with E-state index in [4.69, 9.17) is 0 Å². The van der Waals surface area contributed by atoms with Crippen molar-refractivity contribution < 1.29 is 4.79 Å². The number of amides is 2. The summed E-state index contributed by atoms with van der Waals surface area (Å²) in [6.45, 7) is 16.6. The number of benzene rings is 1. The van der Waals surface area contributed by atoms with Gasteiger partial charge in [0.2, 0.25) is 0 Å². The van der Waals surface area contributed by atoms with E-state index < -0.39 is 0 Å². The average Bonchev–Trinajstić information content (AvgIpc) is 2.47. The number of urea groups is 1. The Kier molecular flexibility index (Phi) is 6.67. The molecule has 4 heteroatoms. The quantitative estimate of drug-likeness (QED) is 0.810. The van der Waals surface area contributed by atoms with Crippen LogP contribution in [0.5, 0.6) is 0 Å². The van der Waals surface area contributed by atoms with Gasteiger partial charge in [-0.15, -0.1) is 0 Å². The number of carbonyl (C=O) groups excluding carboxylic acids is 1. The first-order chi connectivity index (χ1) is 10.7. The molecule has 128 valence electrons. The van der Waals surface area contributed by atoms with Crippen LogP contribution in [0.25, 0.3) is 0 Å². The van der Waals surface area contributed by atoms with Crippen LogP contribution in [-0.4, -0.2) is 19.1 Å². The van der Waals surface area contributed by atoms with Crippen LogP contribution in [0.2, 0.25) is 0 Å². The molecule has 23 heavy (non-hydrogen) atoms. The van der Waals surface area contributed by atoms with Gasteiger partial charge in [-0.1, -0.05) is 26.3 Å². The molecule has 0 radical (unpaired) electrons. The molecular formula is C19H31N3O. The molecule has 1 aromatic carbocycles. The third-order valence-electron chi connectivity index (χ3n) is 4.19. The minimum Gasteiger partial charge on any atom is -0.372 e. The molecule has 4 nitrogen and oxygen atoms in total. The maximum atomic E-state index is 12.1. The largest absolute Gasteiger partial charge is 0.372 e. The van der Waals surface area contributed by atoms with Crippen molar-refractivity contribution in [1.82, 2.24) is 5.32 Å². The normalized spacial score (nSPS) is 12.0. The van der Waals surface area contributed by atoms with Crippen LogP contribution in [-0.2, 0) is 0 Å². The molecule has 0 aliphatic carbocycles. The fraction of sp³-hybridized carbons (Fsp3) is 0.526. The summed E-state index contributed by atoms with van der Waals surface area (Å²) in [5, 5.41) is 5.71. The molecule has 0 spiro atoms. The van der Waals surface area contributed by atoms with Crippen molar-refractivity contribution in [2.75, 3.05) is 23.3 Å². The van der Waals surface area contributed by atoms with Crippen molar-refractivity contribution in [2.45, 2.75) is 48.5 Å². The van der Waals surface area contributed by atoms with Gasteiger partial charge in [0.15, 0.2) is 0 Å². The zero-order chi connectivity index (χ0) is 17.6. The van der Waals surface area contributed by atoms with Gasteiger partial charge >= 0.3 is 6.03 Å². The predicted octanol–water partition coefficient (Wildman–Crippen LogP) is 4.91. The van der Waals surface area contributed by atoms with E-state index in [-0.39, 0.29) is 11.4 Å². The minimum atomic E-state index is -0.215. The summed E-state index contributed by atoms with van der Waals surface area (Å²) in [5.74, 6) is 0. The van der Waals surface area contributed by atoms with Crippen LogP contribution in [0.4, 0.5) is 16.2 Å². The Morgan fingerprint density at radius 2 is 1.83 bits per heavy atom. The molecule has 2 amide bonds. The van der Waals surface area contributed by atoms with E-state index in [9.17, 15) is 4.79 Å². The highest BCUT2D eigenvalue weighted by atomic mass is 16.2. The Hall–Kier alpha value is -1.97. The molecule has 0 unspecified atom stereocenters. The van der Waals surface area contributed by atoms with E-state index in [1.54, 1.807) is 6.20 Å². The molecule has 0 aromatic heterocycles. The SMILES string of the molecule is CCN(CC)c1ccc(NC(=O)N/C=C(\C)C(C)(C)C)c(C)c1. The Balaban J connectivity index is 2.76.